The molecule has 2 rings (SSSR count). The number of allylic oxidation sites excluding steroid dienone is 1. The van der Waals surface area contributed by atoms with Gasteiger partial charge in [0.15, 0.2) is 5.78 Å². The maximum Gasteiger partial charge on any atom is 0.312 e. The fraction of sp³-hybridized carbons (Fsp3) is 0.500. The van der Waals surface area contributed by atoms with Crippen molar-refractivity contribution >= 4 is 29.7 Å². The lowest BCUT2D eigenvalue weighted by atomic mass is 10.0. The Hall–Kier alpha value is -3.41. The Labute approximate surface area is 269 Å². The SMILES string of the molecule is C=C(C)c1cccc(C(C)=O)c1.C=C(OC(=NC)C(F)F)c1ccc(CC)cc1.C=NC.CC.CC.CCCC(C)CCC. The molecule has 2 aromatic carbocycles. The van der Waals surface area contributed by atoms with E-state index in [9.17, 15) is 13.6 Å². The molecule has 0 aliphatic heterocycles. The van der Waals surface area contributed by atoms with E-state index in [0.29, 0.717) is 5.56 Å². The van der Waals surface area contributed by atoms with Crippen LogP contribution >= 0.6 is 0 Å². The summed E-state index contributed by atoms with van der Waals surface area (Å²) >= 11 is 0. The molecule has 0 amide bonds. The van der Waals surface area contributed by atoms with Crippen LogP contribution in [-0.4, -0.2) is 38.9 Å². The van der Waals surface area contributed by atoms with Crippen molar-refractivity contribution in [2.24, 2.45) is 15.9 Å². The minimum absolute atomic E-state index is 0.0955. The van der Waals surface area contributed by atoms with Gasteiger partial charge in [-0.1, -0.05) is 142 Å². The smallest absolute Gasteiger partial charge is 0.312 e. The number of nitrogens with zero attached hydrogens (tertiary/aromatic N) is 2. The second kappa shape index (κ2) is 32.5. The van der Waals surface area contributed by atoms with Gasteiger partial charge in [0.25, 0.3) is 5.90 Å². The van der Waals surface area contributed by atoms with Crippen LogP contribution in [0.25, 0.3) is 11.3 Å². The number of aliphatic imine (C=N–C) groups is 2. The third-order valence-corrected chi connectivity index (χ3v) is 5.64. The van der Waals surface area contributed by atoms with Gasteiger partial charge in [0.1, 0.15) is 5.76 Å². The molecule has 0 atom stereocenters. The summed E-state index contributed by atoms with van der Waals surface area (Å²) in [6.07, 6.45) is 3.71. The number of ketones is 1. The number of halogens is 2. The van der Waals surface area contributed by atoms with E-state index in [4.69, 9.17) is 4.74 Å². The van der Waals surface area contributed by atoms with Gasteiger partial charge >= 0.3 is 6.43 Å². The number of carbonyl (C=O) groups is 1. The third-order valence-electron chi connectivity index (χ3n) is 5.64. The molecule has 0 N–H and O–H groups in total. The molecule has 44 heavy (non-hydrogen) atoms. The van der Waals surface area contributed by atoms with Crippen LogP contribution < -0.4 is 0 Å². The number of hydrogen-bond acceptors (Lipinski definition) is 4. The Morgan fingerprint density at radius 1 is 0.841 bits per heavy atom. The predicted octanol–water partition coefficient (Wildman–Crippen LogP) is 12.0. The van der Waals surface area contributed by atoms with Gasteiger partial charge in [-0.25, -0.2) is 0 Å². The number of alkyl halides is 2. The molecular formula is C38H62F2N2O2. The van der Waals surface area contributed by atoms with Gasteiger partial charge in [-0.05, 0) is 50.1 Å². The molecule has 0 aliphatic carbocycles. The number of benzene rings is 2. The van der Waals surface area contributed by atoms with E-state index in [1.54, 1.807) is 26.1 Å². The molecule has 250 valence electrons. The van der Waals surface area contributed by atoms with Crippen LogP contribution in [0, 0.1) is 5.92 Å². The highest BCUT2D eigenvalue weighted by Crippen LogP contribution is 2.17. The summed E-state index contributed by atoms with van der Waals surface area (Å²) in [6, 6.07) is 14.9. The monoisotopic (exact) mass is 616 g/mol. The fourth-order valence-electron chi connectivity index (χ4n) is 3.43. The van der Waals surface area contributed by atoms with Gasteiger partial charge in [-0.2, -0.15) is 8.78 Å². The summed E-state index contributed by atoms with van der Waals surface area (Å²) in [5, 5.41) is 0. The summed E-state index contributed by atoms with van der Waals surface area (Å²) < 4.78 is 29.7. The maximum atomic E-state index is 12.4. The van der Waals surface area contributed by atoms with E-state index in [1.807, 2.05) is 77.9 Å². The summed E-state index contributed by atoms with van der Waals surface area (Å²) in [4.78, 5) is 17.6. The van der Waals surface area contributed by atoms with Crippen molar-refractivity contribution < 1.29 is 18.3 Å². The average molecular weight is 617 g/mol. The quantitative estimate of drug-likeness (QED) is 0.115. The molecule has 0 unspecified atom stereocenters. The standard InChI is InChI=1S/C13H15F2NO.C11H12O.C8H18.C2H5N.2C2H6/c1-4-10-5-7-11(8-6-10)9(2)17-13(16-3)12(14)15;1-8(2)10-5-4-6-11(7-10)9(3)12;1-4-6-8(3)7-5-2;1-3-2;2*1-2/h5-8,12H,2,4H2,1,3H3;4-7H,1H2,2-3H3;8H,4-7H2,1-3H3;1H2,2H3;2*1-2H3. The van der Waals surface area contributed by atoms with Crippen LogP contribution in [0.3, 0.4) is 0 Å². The van der Waals surface area contributed by atoms with Crippen molar-refractivity contribution in [1.29, 1.82) is 0 Å². The van der Waals surface area contributed by atoms with Crippen molar-refractivity contribution in [3.05, 3.63) is 83.9 Å². The third kappa shape index (κ3) is 25.1. The van der Waals surface area contributed by atoms with Gasteiger partial charge in [-0.3, -0.25) is 9.79 Å². The van der Waals surface area contributed by atoms with E-state index < -0.39 is 12.3 Å². The molecule has 4 nitrogen and oxygen atoms in total. The summed E-state index contributed by atoms with van der Waals surface area (Å²) in [5.41, 5.74) is 4.60. The van der Waals surface area contributed by atoms with E-state index in [2.05, 4.69) is 50.6 Å². The molecule has 0 aromatic heterocycles. The van der Waals surface area contributed by atoms with Crippen LogP contribution in [0.1, 0.15) is 122 Å². The minimum Gasteiger partial charge on any atom is -0.438 e. The van der Waals surface area contributed by atoms with Gasteiger partial charge in [-0.15, -0.1) is 0 Å². The van der Waals surface area contributed by atoms with Crippen molar-refractivity contribution in [3.63, 3.8) is 0 Å². The largest absolute Gasteiger partial charge is 0.438 e. The second-order valence-electron chi connectivity index (χ2n) is 9.35. The Kier molecular flexibility index (Phi) is 35.1. The number of hydrogen-bond donors (Lipinski definition) is 0. The molecule has 0 fully saturated rings. The molecule has 0 aliphatic rings. The maximum absolute atomic E-state index is 12.4. The number of rotatable bonds is 10. The van der Waals surface area contributed by atoms with Crippen molar-refractivity contribution in [1.82, 2.24) is 0 Å². The highest BCUT2D eigenvalue weighted by molar-refractivity contribution is 5.94. The Balaban J connectivity index is -0.000000259. The topological polar surface area (TPSA) is 51.0 Å². The lowest BCUT2D eigenvalue weighted by Gasteiger charge is -2.10. The first-order valence-corrected chi connectivity index (χ1v) is 15.7. The fourth-order valence-corrected chi connectivity index (χ4v) is 3.43. The molecule has 0 spiro atoms. The van der Waals surface area contributed by atoms with Gasteiger partial charge in [0, 0.05) is 25.2 Å². The van der Waals surface area contributed by atoms with Crippen molar-refractivity contribution in [2.75, 3.05) is 14.1 Å². The average Bonchev–Trinajstić information content (AvgIpc) is 3.03. The first-order valence-electron chi connectivity index (χ1n) is 15.7. The van der Waals surface area contributed by atoms with Gasteiger partial charge < -0.3 is 9.73 Å². The zero-order valence-corrected chi connectivity index (χ0v) is 29.9. The molecule has 0 saturated heterocycles. The van der Waals surface area contributed by atoms with Crippen LogP contribution in [0.15, 0.2) is 71.7 Å². The molecule has 2 aromatic rings. The summed E-state index contributed by atoms with van der Waals surface area (Å²) in [6.45, 7) is 30.9. The van der Waals surface area contributed by atoms with E-state index in [1.165, 1.54) is 38.3 Å². The Morgan fingerprint density at radius 2 is 1.30 bits per heavy atom. The number of Topliss-reactive ketones (excluding diaryl/α,β-unsaturated/α-hetero) is 1. The highest BCUT2D eigenvalue weighted by atomic mass is 19.3. The van der Waals surface area contributed by atoms with Crippen molar-refractivity contribution in [2.45, 2.75) is 108 Å². The lowest BCUT2D eigenvalue weighted by molar-refractivity contribution is 0.101. The minimum atomic E-state index is -2.73. The van der Waals surface area contributed by atoms with Crippen LogP contribution in [0.5, 0.6) is 0 Å². The Morgan fingerprint density at radius 3 is 1.64 bits per heavy atom. The van der Waals surface area contributed by atoms with Gasteiger partial charge in [0.2, 0.25) is 0 Å². The van der Waals surface area contributed by atoms with E-state index >= 15 is 0 Å². The summed E-state index contributed by atoms with van der Waals surface area (Å²) in [7, 11) is 2.90. The second-order valence-corrected chi connectivity index (χ2v) is 9.35. The molecule has 0 bridgehead atoms. The molecular weight excluding hydrogens is 554 g/mol. The molecule has 0 radical (unpaired) electrons. The Bertz CT molecular complexity index is 1010. The number of carbonyl (C=O) groups excluding carboxylic acids is 1. The first kappa shape index (κ1) is 47.5. The lowest BCUT2D eigenvalue weighted by Crippen LogP contribution is -2.13. The van der Waals surface area contributed by atoms with Crippen LogP contribution in [0.4, 0.5) is 8.78 Å². The van der Waals surface area contributed by atoms with E-state index in [0.717, 1.165) is 29.0 Å². The molecule has 0 heterocycles. The van der Waals surface area contributed by atoms with Crippen LogP contribution in [-0.2, 0) is 11.2 Å². The van der Waals surface area contributed by atoms with Crippen LogP contribution in [0.2, 0.25) is 0 Å². The number of ether oxygens (including phenoxy) is 1. The highest BCUT2D eigenvalue weighted by Gasteiger charge is 2.16. The predicted molar refractivity (Wildman–Crippen MR) is 194 cm³/mol. The zero-order valence-electron chi connectivity index (χ0n) is 29.9. The van der Waals surface area contributed by atoms with Crippen molar-refractivity contribution in [3.8, 4) is 0 Å². The number of aryl methyl sites for hydroxylation is 1. The van der Waals surface area contributed by atoms with Gasteiger partial charge in [0.05, 0.1) is 0 Å². The molecule has 6 heteroatoms. The summed E-state index contributed by atoms with van der Waals surface area (Å²) in [5.74, 6) is 0.617. The van der Waals surface area contributed by atoms with E-state index in [-0.39, 0.29) is 11.5 Å². The molecule has 0 saturated carbocycles. The normalized spacial score (nSPS) is 9.59. The first-order chi connectivity index (χ1) is 20.9. The zero-order chi connectivity index (χ0) is 35.1.